The van der Waals surface area contributed by atoms with Gasteiger partial charge in [-0.15, -0.1) is 0 Å². The van der Waals surface area contributed by atoms with Gasteiger partial charge in [-0.05, 0) is 61.9 Å². The molecule has 1 fully saturated rings. The van der Waals surface area contributed by atoms with Gasteiger partial charge in [-0.25, -0.2) is 0 Å². The summed E-state index contributed by atoms with van der Waals surface area (Å²) in [4.78, 5) is 0. The molecule has 0 saturated heterocycles. The third kappa shape index (κ3) is 2.89. The molecule has 1 aromatic rings. The quantitative estimate of drug-likeness (QED) is 0.916. The van der Waals surface area contributed by atoms with Crippen molar-refractivity contribution >= 4 is 15.9 Å². The number of hydrogen-bond acceptors (Lipinski definition) is 2. The SMILES string of the molecule is CNC1CCC(Cc2cc(OC)ccc2Br)C1C. The predicted molar refractivity (Wildman–Crippen MR) is 79.1 cm³/mol. The average molecular weight is 312 g/mol. The highest BCUT2D eigenvalue weighted by Crippen LogP contribution is 2.36. The fraction of sp³-hybridized carbons (Fsp3) is 0.600. The fourth-order valence-electron chi connectivity index (χ4n) is 3.06. The minimum absolute atomic E-state index is 0.680. The average Bonchev–Trinajstić information content (AvgIpc) is 2.73. The van der Waals surface area contributed by atoms with Crippen LogP contribution in [0.3, 0.4) is 0 Å². The van der Waals surface area contributed by atoms with Gasteiger partial charge in [0.2, 0.25) is 0 Å². The third-order valence-corrected chi connectivity index (χ3v) is 5.11. The van der Waals surface area contributed by atoms with E-state index in [-0.39, 0.29) is 0 Å². The molecule has 1 saturated carbocycles. The normalized spacial score (nSPS) is 27.4. The summed E-state index contributed by atoms with van der Waals surface area (Å²) in [6, 6.07) is 6.92. The first-order valence-electron chi connectivity index (χ1n) is 6.65. The monoisotopic (exact) mass is 311 g/mol. The summed E-state index contributed by atoms with van der Waals surface area (Å²) in [5, 5.41) is 3.43. The molecule has 1 aromatic carbocycles. The molecular formula is C15H22BrNO. The van der Waals surface area contributed by atoms with Crippen LogP contribution in [-0.4, -0.2) is 20.2 Å². The van der Waals surface area contributed by atoms with E-state index < -0.39 is 0 Å². The van der Waals surface area contributed by atoms with Gasteiger partial charge in [0.15, 0.2) is 0 Å². The second kappa shape index (κ2) is 6.07. The summed E-state index contributed by atoms with van der Waals surface area (Å²) in [6.07, 6.45) is 3.75. The molecular weight excluding hydrogens is 290 g/mol. The third-order valence-electron chi connectivity index (χ3n) is 4.33. The minimum Gasteiger partial charge on any atom is -0.497 e. The lowest BCUT2D eigenvalue weighted by molar-refractivity contribution is 0.362. The standard InChI is InChI=1S/C15H22BrNO/c1-10-11(4-7-15(10)17-2)8-12-9-13(18-3)5-6-14(12)16/h5-6,9-11,15,17H,4,7-8H2,1-3H3. The Hall–Kier alpha value is -0.540. The van der Waals surface area contributed by atoms with Crippen LogP contribution in [0.2, 0.25) is 0 Å². The highest BCUT2D eigenvalue weighted by atomic mass is 79.9. The maximum atomic E-state index is 5.31. The molecule has 18 heavy (non-hydrogen) atoms. The molecule has 2 rings (SSSR count). The van der Waals surface area contributed by atoms with Gasteiger partial charge in [-0.3, -0.25) is 0 Å². The molecule has 0 bridgehead atoms. The summed E-state index contributed by atoms with van der Waals surface area (Å²) in [7, 11) is 3.80. The zero-order chi connectivity index (χ0) is 13.1. The molecule has 0 aromatic heterocycles. The first kappa shape index (κ1) is 13.9. The fourth-order valence-corrected chi connectivity index (χ4v) is 3.47. The van der Waals surface area contributed by atoms with E-state index in [0.29, 0.717) is 6.04 Å². The van der Waals surface area contributed by atoms with E-state index in [1.807, 2.05) is 6.07 Å². The maximum Gasteiger partial charge on any atom is 0.119 e. The molecule has 0 heterocycles. The van der Waals surface area contributed by atoms with E-state index in [4.69, 9.17) is 4.74 Å². The van der Waals surface area contributed by atoms with E-state index in [9.17, 15) is 0 Å². The van der Waals surface area contributed by atoms with Crippen LogP contribution >= 0.6 is 15.9 Å². The minimum atomic E-state index is 0.680. The molecule has 0 spiro atoms. The van der Waals surface area contributed by atoms with Gasteiger partial charge in [0.05, 0.1) is 7.11 Å². The lowest BCUT2D eigenvalue weighted by Crippen LogP contribution is -2.29. The molecule has 2 nitrogen and oxygen atoms in total. The molecule has 1 aliphatic rings. The summed E-state index contributed by atoms with van der Waals surface area (Å²) in [6.45, 7) is 2.37. The molecule has 0 aliphatic heterocycles. The maximum absolute atomic E-state index is 5.31. The molecule has 0 amide bonds. The molecule has 1 aliphatic carbocycles. The lowest BCUT2D eigenvalue weighted by Gasteiger charge is -2.21. The van der Waals surface area contributed by atoms with Gasteiger partial charge in [0, 0.05) is 10.5 Å². The first-order chi connectivity index (χ1) is 8.65. The zero-order valence-electron chi connectivity index (χ0n) is 11.4. The summed E-state index contributed by atoms with van der Waals surface area (Å²) < 4.78 is 6.51. The molecule has 3 atom stereocenters. The Morgan fingerprint density at radius 2 is 2.17 bits per heavy atom. The number of ether oxygens (including phenoxy) is 1. The Labute approximate surface area is 118 Å². The van der Waals surface area contributed by atoms with Crippen LogP contribution in [0.4, 0.5) is 0 Å². The van der Waals surface area contributed by atoms with Crippen LogP contribution in [0.1, 0.15) is 25.3 Å². The van der Waals surface area contributed by atoms with Crippen molar-refractivity contribution in [2.45, 2.75) is 32.2 Å². The van der Waals surface area contributed by atoms with E-state index in [1.54, 1.807) is 7.11 Å². The van der Waals surface area contributed by atoms with E-state index >= 15 is 0 Å². The molecule has 1 N–H and O–H groups in total. The van der Waals surface area contributed by atoms with Gasteiger partial charge in [0.25, 0.3) is 0 Å². The van der Waals surface area contributed by atoms with Crippen LogP contribution in [-0.2, 0) is 6.42 Å². The highest BCUT2D eigenvalue weighted by molar-refractivity contribution is 9.10. The number of benzene rings is 1. The Kier molecular flexibility index (Phi) is 4.68. The van der Waals surface area contributed by atoms with Gasteiger partial charge >= 0.3 is 0 Å². The Morgan fingerprint density at radius 1 is 1.39 bits per heavy atom. The Morgan fingerprint density at radius 3 is 2.78 bits per heavy atom. The van der Waals surface area contributed by atoms with E-state index in [2.05, 4.69) is 47.4 Å². The zero-order valence-corrected chi connectivity index (χ0v) is 13.0. The van der Waals surface area contributed by atoms with Crippen LogP contribution in [0, 0.1) is 11.8 Å². The van der Waals surface area contributed by atoms with E-state index in [0.717, 1.165) is 24.0 Å². The van der Waals surface area contributed by atoms with Gasteiger partial charge < -0.3 is 10.1 Å². The number of rotatable bonds is 4. The van der Waals surface area contributed by atoms with Crippen molar-refractivity contribution in [1.29, 1.82) is 0 Å². The number of nitrogens with one attached hydrogen (secondary N) is 1. The van der Waals surface area contributed by atoms with Gasteiger partial charge in [-0.1, -0.05) is 22.9 Å². The van der Waals surface area contributed by atoms with Crippen molar-refractivity contribution in [2.75, 3.05) is 14.2 Å². The largest absolute Gasteiger partial charge is 0.497 e. The molecule has 100 valence electrons. The molecule has 3 unspecified atom stereocenters. The Balaban J connectivity index is 2.10. The lowest BCUT2D eigenvalue weighted by atomic mass is 9.89. The topological polar surface area (TPSA) is 21.3 Å². The van der Waals surface area contributed by atoms with Gasteiger partial charge in [0.1, 0.15) is 5.75 Å². The van der Waals surface area contributed by atoms with Crippen molar-refractivity contribution in [3.63, 3.8) is 0 Å². The number of halogens is 1. The second-order valence-corrected chi connectivity index (χ2v) is 6.11. The van der Waals surface area contributed by atoms with Crippen molar-refractivity contribution in [3.8, 4) is 5.75 Å². The number of methoxy groups -OCH3 is 1. The van der Waals surface area contributed by atoms with Crippen LogP contribution in [0.5, 0.6) is 5.75 Å². The van der Waals surface area contributed by atoms with Crippen LogP contribution in [0.15, 0.2) is 22.7 Å². The first-order valence-corrected chi connectivity index (χ1v) is 7.44. The van der Waals surface area contributed by atoms with E-state index in [1.165, 1.54) is 22.9 Å². The summed E-state index contributed by atoms with van der Waals surface area (Å²) in [5.74, 6) is 2.46. The Bertz CT molecular complexity index is 407. The number of hydrogen-bond donors (Lipinski definition) is 1. The summed E-state index contributed by atoms with van der Waals surface area (Å²) >= 11 is 3.65. The van der Waals surface area contributed by atoms with Crippen molar-refractivity contribution in [2.24, 2.45) is 11.8 Å². The second-order valence-electron chi connectivity index (χ2n) is 5.25. The van der Waals surface area contributed by atoms with Gasteiger partial charge in [-0.2, -0.15) is 0 Å². The van der Waals surface area contributed by atoms with Crippen molar-refractivity contribution in [3.05, 3.63) is 28.2 Å². The summed E-state index contributed by atoms with van der Waals surface area (Å²) in [5.41, 5.74) is 1.36. The van der Waals surface area contributed by atoms with Crippen LogP contribution in [0.25, 0.3) is 0 Å². The molecule has 0 radical (unpaired) electrons. The van der Waals surface area contributed by atoms with Crippen molar-refractivity contribution < 1.29 is 4.74 Å². The smallest absolute Gasteiger partial charge is 0.119 e. The van der Waals surface area contributed by atoms with Crippen LogP contribution < -0.4 is 10.1 Å². The molecule has 3 heteroatoms. The predicted octanol–water partition coefficient (Wildman–Crippen LogP) is 3.63. The van der Waals surface area contributed by atoms with Crippen molar-refractivity contribution in [1.82, 2.24) is 5.32 Å². The highest BCUT2D eigenvalue weighted by Gasteiger charge is 2.31.